The van der Waals surface area contributed by atoms with E-state index in [1.807, 2.05) is 49.3 Å². The highest BCUT2D eigenvalue weighted by atomic mass is 19.1. The van der Waals surface area contributed by atoms with Crippen molar-refractivity contribution in [1.82, 2.24) is 30.2 Å². The Morgan fingerprint density at radius 2 is 1.45 bits per heavy atom. The van der Waals surface area contributed by atoms with Crippen LogP contribution in [0.15, 0.2) is 18.2 Å². The quantitative estimate of drug-likeness (QED) is 0.336. The van der Waals surface area contributed by atoms with Gasteiger partial charge in [0.2, 0.25) is 17.7 Å². The standard InChI is InChI=1S/C41H63FN6O5.C2H6.FH.H2/c1-41(2,3)40(52)48-20-8-11-30(27-48)33-12-7-13-34(36(33)42)38(50)44-37(29-9-5-4-6-10-29)39(51)47-23-16-32(17-24-47)53-31-14-21-45(22-15-31)28-35(49)46-25-18-43-19-26-46;1-2;;/h7,12-13,29-32,37,43H,4-6,8-11,14-28H2,1-3H3,(H,44,50);1-2H3;2*1H/t30-,37-;;;/m1.../s1. The number of rotatable bonds is 9. The maximum absolute atomic E-state index is 16.2. The van der Waals surface area contributed by atoms with E-state index in [2.05, 4.69) is 15.5 Å². The molecule has 6 rings (SSSR count). The number of carbonyl (C=O) groups excluding carboxylic acids is 4. The number of amides is 4. The monoisotopic (exact) mass is 791 g/mol. The van der Waals surface area contributed by atoms with Crippen LogP contribution in [0.5, 0.6) is 0 Å². The third-order valence-electron chi connectivity index (χ3n) is 12.2. The van der Waals surface area contributed by atoms with E-state index in [9.17, 15) is 19.2 Å². The van der Waals surface area contributed by atoms with Gasteiger partial charge >= 0.3 is 0 Å². The number of nitrogens with zero attached hydrogens (tertiary/aromatic N) is 4. The van der Waals surface area contributed by atoms with Crippen LogP contribution in [0.2, 0.25) is 0 Å². The summed E-state index contributed by atoms with van der Waals surface area (Å²) in [4.78, 5) is 61.7. The van der Waals surface area contributed by atoms with Crippen LogP contribution < -0.4 is 10.6 Å². The van der Waals surface area contributed by atoms with E-state index in [1.54, 1.807) is 12.1 Å². The molecule has 0 spiro atoms. The van der Waals surface area contributed by atoms with Crippen molar-refractivity contribution in [2.45, 2.75) is 129 Å². The highest BCUT2D eigenvalue weighted by Gasteiger charge is 2.38. The Kier molecular flexibility index (Phi) is 17.5. The van der Waals surface area contributed by atoms with Crippen LogP contribution in [-0.4, -0.2) is 133 Å². The van der Waals surface area contributed by atoms with Crippen LogP contribution in [0.4, 0.5) is 9.09 Å². The van der Waals surface area contributed by atoms with E-state index in [4.69, 9.17) is 4.74 Å². The zero-order chi connectivity index (χ0) is 39.5. The van der Waals surface area contributed by atoms with Crippen LogP contribution in [-0.2, 0) is 19.1 Å². The maximum Gasteiger partial charge on any atom is 0.254 e. The van der Waals surface area contributed by atoms with Crippen molar-refractivity contribution in [2.75, 3.05) is 72.0 Å². The molecular weight excluding hydrogens is 719 g/mol. The zero-order valence-electron chi connectivity index (χ0n) is 34.8. The Morgan fingerprint density at radius 3 is 2.07 bits per heavy atom. The van der Waals surface area contributed by atoms with Gasteiger partial charge in [-0.15, -0.1) is 0 Å². The molecule has 2 atom stereocenters. The summed E-state index contributed by atoms with van der Waals surface area (Å²) in [6.07, 6.45) is 9.90. The van der Waals surface area contributed by atoms with E-state index in [0.717, 1.165) is 110 Å². The first-order valence-electron chi connectivity index (χ1n) is 21.5. The van der Waals surface area contributed by atoms with Gasteiger partial charge in [0, 0.05) is 78.2 Å². The second-order valence-corrected chi connectivity index (χ2v) is 17.2. The minimum absolute atomic E-state index is 0. The van der Waals surface area contributed by atoms with Gasteiger partial charge in [-0.2, -0.15) is 0 Å². The number of carbonyl (C=O) groups is 4. The number of likely N-dealkylation sites (tertiary alicyclic amines) is 3. The minimum Gasteiger partial charge on any atom is -0.375 e. The maximum atomic E-state index is 16.2. The Hall–Kier alpha value is -3.16. The normalized spacial score (nSPS) is 22.7. The van der Waals surface area contributed by atoms with Crippen LogP contribution in [0.1, 0.15) is 129 Å². The number of piperazine rings is 1. The van der Waals surface area contributed by atoms with Gasteiger partial charge < -0.3 is 30.1 Å². The molecule has 0 aromatic heterocycles. The third-order valence-corrected chi connectivity index (χ3v) is 12.2. The average Bonchev–Trinajstić information content (AvgIpc) is 3.21. The second kappa shape index (κ2) is 21.6. The van der Waals surface area contributed by atoms with Crippen molar-refractivity contribution >= 4 is 23.6 Å². The fourth-order valence-electron chi connectivity index (χ4n) is 9.09. The molecule has 13 heteroatoms. The van der Waals surface area contributed by atoms with E-state index in [0.29, 0.717) is 38.3 Å². The molecule has 318 valence electrons. The number of halogens is 2. The molecule has 4 amide bonds. The van der Waals surface area contributed by atoms with Gasteiger partial charge in [0.05, 0.1) is 24.3 Å². The summed E-state index contributed by atoms with van der Waals surface area (Å²) >= 11 is 0. The van der Waals surface area contributed by atoms with E-state index in [-0.39, 0.29) is 53.5 Å². The topological polar surface area (TPSA) is 115 Å². The third kappa shape index (κ3) is 11.9. The summed E-state index contributed by atoms with van der Waals surface area (Å²) in [5.74, 6) is -1.09. The molecule has 2 N–H and O–H groups in total. The lowest BCUT2D eigenvalue weighted by molar-refractivity contribution is -0.141. The lowest BCUT2D eigenvalue weighted by Crippen LogP contribution is -2.55. The summed E-state index contributed by atoms with van der Waals surface area (Å²) < 4.78 is 22.8. The van der Waals surface area contributed by atoms with Crippen LogP contribution in [0.3, 0.4) is 0 Å². The largest absolute Gasteiger partial charge is 0.375 e. The lowest BCUT2D eigenvalue weighted by Gasteiger charge is -2.39. The molecular formula is C43H72F2N6O5. The first kappa shape index (κ1) is 45.5. The van der Waals surface area contributed by atoms with Gasteiger partial charge in [-0.25, -0.2) is 4.39 Å². The molecule has 0 unspecified atom stereocenters. The number of piperidine rings is 3. The molecule has 0 bridgehead atoms. The van der Waals surface area contributed by atoms with Gasteiger partial charge in [0.25, 0.3) is 5.91 Å². The first-order valence-corrected chi connectivity index (χ1v) is 21.5. The van der Waals surface area contributed by atoms with E-state index >= 15 is 4.39 Å². The summed E-state index contributed by atoms with van der Waals surface area (Å²) in [6.45, 7) is 17.4. The average molecular weight is 791 g/mol. The fourth-order valence-corrected chi connectivity index (χ4v) is 9.09. The summed E-state index contributed by atoms with van der Waals surface area (Å²) in [7, 11) is 0. The van der Waals surface area contributed by atoms with Gasteiger partial charge in [-0.3, -0.25) is 28.8 Å². The van der Waals surface area contributed by atoms with Gasteiger partial charge in [0.1, 0.15) is 11.9 Å². The Morgan fingerprint density at radius 1 is 0.821 bits per heavy atom. The fraction of sp³-hybridized carbons (Fsp3) is 0.767. The molecule has 4 heterocycles. The SMILES string of the molecule is CC.CC(C)(C)C(=O)N1CCC[C@@H](c2cccc(C(=O)N[C@@H](C(=O)N3CCC(OC4CCN(CC(=O)N5CCNCC5)CC4)CC3)C3CCCCC3)c2F)C1.F.[HH]. The number of nitrogens with one attached hydrogen (secondary N) is 2. The molecule has 1 saturated carbocycles. The summed E-state index contributed by atoms with van der Waals surface area (Å²) in [6, 6.07) is 4.26. The van der Waals surface area contributed by atoms with Crippen molar-refractivity contribution in [1.29, 1.82) is 0 Å². The van der Waals surface area contributed by atoms with Crippen LogP contribution >= 0.6 is 0 Å². The lowest BCUT2D eigenvalue weighted by atomic mass is 9.82. The molecule has 4 aliphatic heterocycles. The summed E-state index contributed by atoms with van der Waals surface area (Å²) in [5.41, 5.74) is -0.0972. The van der Waals surface area contributed by atoms with Crippen LogP contribution in [0, 0.1) is 17.2 Å². The molecule has 0 radical (unpaired) electrons. The summed E-state index contributed by atoms with van der Waals surface area (Å²) in [5, 5.41) is 6.33. The number of ether oxygens (including phenoxy) is 1. The van der Waals surface area contributed by atoms with Gasteiger partial charge in [-0.1, -0.05) is 66.0 Å². The number of hydrogen-bond acceptors (Lipinski definition) is 7. The predicted molar refractivity (Wildman–Crippen MR) is 218 cm³/mol. The molecule has 1 aromatic rings. The number of benzene rings is 1. The zero-order valence-corrected chi connectivity index (χ0v) is 34.8. The second-order valence-electron chi connectivity index (χ2n) is 17.2. The first-order chi connectivity index (χ1) is 26.5. The molecule has 56 heavy (non-hydrogen) atoms. The highest BCUT2D eigenvalue weighted by Crippen LogP contribution is 2.33. The molecule has 5 aliphatic rings. The smallest absolute Gasteiger partial charge is 0.254 e. The Labute approximate surface area is 335 Å². The molecule has 11 nitrogen and oxygen atoms in total. The van der Waals surface area contributed by atoms with Crippen molar-refractivity contribution in [3.63, 3.8) is 0 Å². The molecule has 5 fully saturated rings. The van der Waals surface area contributed by atoms with Crippen molar-refractivity contribution in [3.8, 4) is 0 Å². The Bertz CT molecular complexity index is 1440. The molecule has 1 aliphatic carbocycles. The van der Waals surface area contributed by atoms with E-state index < -0.39 is 23.2 Å². The van der Waals surface area contributed by atoms with E-state index in [1.165, 1.54) is 6.07 Å². The van der Waals surface area contributed by atoms with Crippen molar-refractivity contribution in [2.24, 2.45) is 11.3 Å². The van der Waals surface area contributed by atoms with Crippen molar-refractivity contribution < 1.29 is 34.4 Å². The molecule has 1 aromatic carbocycles. The van der Waals surface area contributed by atoms with Gasteiger partial charge in [-0.05, 0) is 68.9 Å². The predicted octanol–water partition coefficient (Wildman–Crippen LogP) is 5.59. The van der Waals surface area contributed by atoms with Crippen molar-refractivity contribution in [3.05, 3.63) is 35.1 Å². The molecule has 4 saturated heterocycles. The van der Waals surface area contributed by atoms with Gasteiger partial charge in [0.15, 0.2) is 0 Å². The number of hydrogen-bond donors (Lipinski definition) is 2. The highest BCUT2D eigenvalue weighted by molar-refractivity contribution is 5.98. The Balaban J connectivity index is 0.00000214. The van der Waals surface area contributed by atoms with Crippen LogP contribution in [0.25, 0.3) is 0 Å². The minimum atomic E-state index is -0.703.